The Kier molecular flexibility index (Phi) is 3.53. The van der Waals surface area contributed by atoms with Gasteiger partial charge in [-0.3, -0.25) is 0 Å². The molecule has 0 spiro atoms. The number of thiazole rings is 1. The van der Waals surface area contributed by atoms with Gasteiger partial charge in [0.1, 0.15) is 18.3 Å². The maximum absolute atomic E-state index is 10.3. The first-order chi connectivity index (χ1) is 12.3. The molecule has 0 saturated carbocycles. The van der Waals surface area contributed by atoms with E-state index in [1.807, 2.05) is 12.1 Å². The molecule has 2 N–H and O–H groups in total. The molecule has 1 fully saturated rings. The lowest BCUT2D eigenvalue weighted by Gasteiger charge is -2.20. The number of fused-ring (bicyclic) bond motifs is 2. The Morgan fingerprint density at radius 3 is 2.92 bits per heavy atom. The van der Waals surface area contributed by atoms with Crippen molar-refractivity contribution >= 4 is 21.6 Å². The summed E-state index contributed by atoms with van der Waals surface area (Å²) >= 11 is 1.79. The average molecular weight is 355 g/mol. The molecule has 128 valence electrons. The van der Waals surface area contributed by atoms with Crippen LogP contribution in [0.4, 0.5) is 0 Å². The first-order valence-electron chi connectivity index (χ1n) is 8.59. The number of nitrogens with one attached hydrogen (secondary N) is 1. The number of rotatable bonds is 3. The second kappa shape index (κ2) is 5.89. The number of para-hydroxylation sites is 1. The van der Waals surface area contributed by atoms with Crippen molar-refractivity contribution in [1.82, 2.24) is 4.98 Å². The van der Waals surface area contributed by atoms with Gasteiger partial charge in [0, 0.05) is 18.9 Å². The third kappa shape index (κ3) is 2.62. The Labute approximate surface area is 149 Å². The molecule has 0 aliphatic carbocycles. The van der Waals surface area contributed by atoms with E-state index < -0.39 is 0 Å². The number of aromatic hydroxyl groups is 1. The van der Waals surface area contributed by atoms with Crippen LogP contribution in [0, 0.1) is 0 Å². The molecule has 5 nitrogen and oxygen atoms in total. The van der Waals surface area contributed by atoms with Crippen molar-refractivity contribution in [2.75, 3.05) is 13.3 Å². The van der Waals surface area contributed by atoms with Crippen LogP contribution in [-0.4, -0.2) is 23.4 Å². The number of hydrogen-bond donors (Lipinski definition) is 2. The minimum atomic E-state index is 0.225. The number of phenols is 1. The van der Waals surface area contributed by atoms with Crippen LogP contribution in [-0.2, 0) is 6.54 Å². The average Bonchev–Trinajstić information content (AvgIpc) is 3.33. The number of nitrogens with zero attached hydrogens (tertiary/aromatic N) is 1. The fraction of sp³-hybridized carbons (Fsp3) is 0.316. The zero-order valence-corrected chi connectivity index (χ0v) is 14.5. The van der Waals surface area contributed by atoms with E-state index in [9.17, 15) is 5.11 Å². The molecule has 2 aliphatic rings. The van der Waals surface area contributed by atoms with Crippen molar-refractivity contribution in [3.8, 4) is 17.2 Å². The molecule has 3 aromatic rings. The smallest absolute Gasteiger partial charge is 0.231 e. The van der Waals surface area contributed by atoms with E-state index in [1.165, 1.54) is 21.0 Å². The number of phenolic OH excluding ortho intramolecular Hbond substituents is 1. The predicted octanol–water partition coefficient (Wildman–Crippen LogP) is 2.65. The number of ether oxygens (including phenoxy) is 2. The largest absolute Gasteiger partial charge is 0.507 e. The summed E-state index contributed by atoms with van der Waals surface area (Å²) in [6.07, 6.45) is 2.32. The second-order valence-corrected chi connectivity index (χ2v) is 7.70. The summed E-state index contributed by atoms with van der Waals surface area (Å²) < 4.78 is 12.0. The highest BCUT2D eigenvalue weighted by molar-refractivity contribution is 7.18. The van der Waals surface area contributed by atoms with Crippen molar-refractivity contribution in [1.29, 1.82) is 0 Å². The van der Waals surface area contributed by atoms with Gasteiger partial charge in [0.25, 0.3) is 0 Å². The van der Waals surface area contributed by atoms with Crippen molar-refractivity contribution in [2.45, 2.75) is 25.4 Å². The molecule has 1 unspecified atom stereocenters. The number of benzene rings is 2. The first-order valence-corrected chi connectivity index (χ1v) is 9.41. The van der Waals surface area contributed by atoms with E-state index in [2.05, 4.69) is 18.2 Å². The first kappa shape index (κ1) is 15.0. The molecule has 25 heavy (non-hydrogen) atoms. The van der Waals surface area contributed by atoms with Crippen molar-refractivity contribution in [3.05, 3.63) is 47.0 Å². The molecule has 0 radical (unpaired) electrons. The Hall–Kier alpha value is -2.31. The molecule has 1 aromatic heterocycles. The number of aromatic nitrogens is 1. The molecule has 0 bridgehead atoms. The van der Waals surface area contributed by atoms with E-state index in [4.69, 9.17) is 14.5 Å². The van der Waals surface area contributed by atoms with Gasteiger partial charge in [-0.2, -0.15) is 0 Å². The van der Waals surface area contributed by atoms with Crippen LogP contribution in [0.2, 0.25) is 0 Å². The molecular formula is C19H19N2O3S+. The van der Waals surface area contributed by atoms with E-state index in [0.717, 1.165) is 36.3 Å². The third-order valence-corrected chi connectivity index (χ3v) is 6.23. The standard InChI is InChI=1S/C19H18N2O3S/c22-15-9-17-16(23-11-24-17)8-12(15)10-21-7-3-5-14(21)19-20-13-4-1-2-6-18(13)25-19/h1-2,4,6,8-9,14,22H,3,5,7,10-11H2/p+1/t14-/m1/s1. The lowest BCUT2D eigenvalue weighted by Crippen LogP contribution is -3.08. The number of hydrogen-bond acceptors (Lipinski definition) is 5. The predicted molar refractivity (Wildman–Crippen MR) is 95.4 cm³/mol. The second-order valence-electron chi connectivity index (χ2n) is 6.63. The van der Waals surface area contributed by atoms with Crippen LogP contribution in [0.15, 0.2) is 36.4 Å². The summed E-state index contributed by atoms with van der Waals surface area (Å²) in [5, 5.41) is 11.5. The molecular weight excluding hydrogens is 336 g/mol. The molecule has 0 amide bonds. The summed E-state index contributed by atoms with van der Waals surface area (Å²) in [5.74, 6) is 1.63. The van der Waals surface area contributed by atoms with Crippen molar-refractivity contribution in [2.24, 2.45) is 0 Å². The van der Waals surface area contributed by atoms with E-state index in [-0.39, 0.29) is 12.5 Å². The molecule has 2 atom stereocenters. The van der Waals surface area contributed by atoms with Gasteiger partial charge in [-0.25, -0.2) is 4.98 Å². The summed E-state index contributed by atoms with van der Waals surface area (Å²) in [6, 6.07) is 12.3. The van der Waals surface area contributed by atoms with Crippen LogP contribution in [0.1, 0.15) is 29.5 Å². The summed E-state index contributed by atoms with van der Waals surface area (Å²) in [6.45, 7) is 2.08. The van der Waals surface area contributed by atoms with Gasteiger partial charge >= 0.3 is 0 Å². The Morgan fingerprint density at radius 2 is 2.04 bits per heavy atom. The quantitative estimate of drug-likeness (QED) is 0.758. The number of likely N-dealkylation sites (tertiary alicyclic amines) is 1. The van der Waals surface area contributed by atoms with Crippen LogP contribution < -0.4 is 14.4 Å². The van der Waals surface area contributed by atoms with Crippen LogP contribution in [0.5, 0.6) is 17.2 Å². The Bertz CT molecular complexity index is 907. The zero-order chi connectivity index (χ0) is 16.8. The molecule has 5 rings (SSSR count). The highest BCUT2D eigenvalue weighted by Crippen LogP contribution is 2.37. The van der Waals surface area contributed by atoms with Crippen LogP contribution in [0.3, 0.4) is 0 Å². The van der Waals surface area contributed by atoms with Crippen molar-refractivity contribution in [3.63, 3.8) is 0 Å². The minimum Gasteiger partial charge on any atom is -0.507 e. The molecule has 6 heteroatoms. The summed E-state index contributed by atoms with van der Waals surface area (Å²) in [5.41, 5.74) is 1.99. The summed E-state index contributed by atoms with van der Waals surface area (Å²) in [7, 11) is 0. The van der Waals surface area contributed by atoms with Gasteiger partial charge in [-0.05, 0) is 18.2 Å². The maximum Gasteiger partial charge on any atom is 0.231 e. The molecule has 2 aromatic carbocycles. The van der Waals surface area contributed by atoms with E-state index >= 15 is 0 Å². The van der Waals surface area contributed by atoms with E-state index in [0.29, 0.717) is 11.8 Å². The molecule has 1 saturated heterocycles. The topological polar surface area (TPSA) is 56.0 Å². The van der Waals surface area contributed by atoms with Gasteiger partial charge < -0.3 is 19.5 Å². The van der Waals surface area contributed by atoms with Crippen LogP contribution in [0.25, 0.3) is 10.2 Å². The lowest BCUT2D eigenvalue weighted by molar-refractivity contribution is -0.932. The van der Waals surface area contributed by atoms with Gasteiger partial charge in [-0.1, -0.05) is 12.1 Å². The fourth-order valence-corrected chi connectivity index (χ4v) is 4.98. The van der Waals surface area contributed by atoms with Gasteiger partial charge in [-0.15, -0.1) is 11.3 Å². The third-order valence-electron chi connectivity index (χ3n) is 5.08. The highest BCUT2D eigenvalue weighted by atomic mass is 32.1. The zero-order valence-electron chi connectivity index (χ0n) is 13.7. The highest BCUT2D eigenvalue weighted by Gasteiger charge is 2.33. The lowest BCUT2D eigenvalue weighted by atomic mass is 10.1. The van der Waals surface area contributed by atoms with Gasteiger partial charge in [0.2, 0.25) is 6.79 Å². The van der Waals surface area contributed by atoms with Crippen LogP contribution >= 0.6 is 11.3 Å². The Balaban J connectivity index is 1.43. The Morgan fingerprint density at radius 1 is 1.20 bits per heavy atom. The van der Waals surface area contributed by atoms with Gasteiger partial charge in [0.15, 0.2) is 16.5 Å². The minimum absolute atomic E-state index is 0.225. The maximum atomic E-state index is 10.3. The fourth-order valence-electron chi connectivity index (χ4n) is 3.82. The van der Waals surface area contributed by atoms with Gasteiger partial charge in [0.05, 0.1) is 22.3 Å². The molecule has 3 heterocycles. The summed E-state index contributed by atoms with van der Waals surface area (Å²) in [4.78, 5) is 6.31. The SMILES string of the molecule is Oc1cc2c(cc1C[NH+]1CCC[C@@H]1c1nc3ccccc3s1)OCO2. The number of quaternary nitrogens is 1. The van der Waals surface area contributed by atoms with Crippen molar-refractivity contribution < 1.29 is 19.5 Å². The normalized spacial score (nSPS) is 21.9. The van der Waals surface area contributed by atoms with E-state index in [1.54, 1.807) is 17.4 Å². The monoisotopic (exact) mass is 355 g/mol. The molecule has 2 aliphatic heterocycles.